The second-order valence-electron chi connectivity index (χ2n) is 7.02. The minimum atomic E-state index is -0.965. The molecule has 0 spiro atoms. The molecule has 3 aromatic rings. The van der Waals surface area contributed by atoms with E-state index in [-0.39, 0.29) is 11.6 Å². The standard InChI is InChI=1S/C23H19F2N3O3/c24-13-31-17-7-3-14(4-8-17)21(22-18(25)2-1-11-26-22)28-23(30)16-5-9-19-15(12-16)6-10-20(29)27-19/h1-5,7-9,11-12,21H,6,10,13H2,(H,27,29)(H,28,30)/t21-/m0/s1. The Morgan fingerprint density at radius 2 is 1.97 bits per heavy atom. The quantitative estimate of drug-likeness (QED) is 0.630. The van der Waals surface area contributed by atoms with Gasteiger partial charge in [-0.2, -0.15) is 0 Å². The summed E-state index contributed by atoms with van der Waals surface area (Å²) in [5.41, 5.74) is 2.54. The third-order valence-electron chi connectivity index (χ3n) is 5.03. The summed E-state index contributed by atoms with van der Waals surface area (Å²) in [6, 6.07) is 13.2. The van der Waals surface area contributed by atoms with Crippen LogP contribution in [0.25, 0.3) is 0 Å². The molecule has 4 rings (SSSR count). The molecule has 0 unspecified atom stereocenters. The van der Waals surface area contributed by atoms with Crippen LogP contribution in [0.2, 0.25) is 0 Å². The summed E-state index contributed by atoms with van der Waals surface area (Å²) in [6.07, 6.45) is 2.34. The number of rotatable bonds is 6. The second kappa shape index (κ2) is 8.91. The van der Waals surface area contributed by atoms with Crippen LogP contribution in [-0.2, 0) is 11.2 Å². The highest BCUT2D eigenvalue weighted by atomic mass is 19.1. The van der Waals surface area contributed by atoms with Gasteiger partial charge in [-0.25, -0.2) is 8.78 Å². The van der Waals surface area contributed by atoms with Crippen LogP contribution in [-0.4, -0.2) is 23.7 Å². The number of carbonyl (C=O) groups excluding carboxylic acids is 2. The number of fused-ring (bicyclic) bond motifs is 1. The van der Waals surface area contributed by atoms with E-state index >= 15 is 0 Å². The van der Waals surface area contributed by atoms with Gasteiger partial charge >= 0.3 is 0 Å². The normalized spacial score (nSPS) is 13.7. The fourth-order valence-corrected chi connectivity index (χ4v) is 3.48. The van der Waals surface area contributed by atoms with E-state index in [1.807, 2.05) is 0 Å². The molecule has 0 saturated heterocycles. The van der Waals surface area contributed by atoms with Crippen LogP contribution in [0.3, 0.4) is 0 Å². The number of alkyl halides is 1. The van der Waals surface area contributed by atoms with Gasteiger partial charge in [-0.15, -0.1) is 0 Å². The van der Waals surface area contributed by atoms with Gasteiger partial charge in [0.1, 0.15) is 17.3 Å². The highest BCUT2D eigenvalue weighted by Gasteiger charge is 2.23. The number of ether oxygens (including phenoxy) is 1. The predicted octanol–water partition coefficient (Wildman–Crippen LogP) is 3.93. The van der Waals surface area contributed by atoms with Gasteiger partial charge in [0.15, 0.2) is 0 Å². The van der Waals surface area contributed by atoms with Gasteiger partial charge < -0.3 is 15.4 Å². The lowest BCUT2D eigenvalue weighted by atomic mass is 9.99. The van der Waals surface area contributed by atoms with Crippen molar-refractivity contribution in [2.24, 2.45) is 0 Å². The summed E-state index contributed by atoms with van der Waals surface area (Å²) in [6.45, 7) is -0.965. The molecular formula is C23H19F2N3O3. The van der Waals surface area contributed by atoms with Crippen LogP contribution in [0, 0.1) is 5.82 Å². The zero-order valence-corrected chi connectivity index (χ0v) is 16.4. The van der Waals surface area contributed by atoms with Crippen molar-refractivity contribution in [3.63, 3.8) is 0 Å². The summed E-state index contributed by atoms with van der Waals surface area (Å²) < 4.78 is 31.7. The molecular weight excluding hydrogens is 404 g/mol. The molecule has 0 bridgehead atoms. The molecule has 6 nitrogen and oxygen atoms in total. The van der Waals surface area contributed by atoms with E-state index in [1.54, 1.807) is 30.3 Å². The van der Waals surface area contributed by atoms with Gasteiger partial charge in [0, 0.05) is 23.9 Å². The number of nitrogens with zero attached hydrogens (tertiary/aromatic N) is 1. The van der Waals surface area contributed by atoms with Gasteiger partial charge in [-0.05, 0) is 60.0 Å². The molecule has 0 aliphatic carbocycles. The zero-order chi connectivity index (χ0) is 21.8. The third-order valence-corrected chi connectivity index (χ3v) is 5.03. The number of aromatic nitrogens is 1. The molecule has 0 radical (unpaired) electrons. The first-order valence-corrected chi connectivity index (χ1v) is 9.68. The van der Waals surface area contributed by atoms with E-state index in [2.05, 4.69) is 15.6 Å². The Morgan fingerprint density at radius 1 is 1.16 bits per heavy atom. The second-order valence-corrected chi connectivity index (χ2v) is 7.02. The average molecular weight is 423 g/mol. The number of anilines is 1. The van der Waals surface area contributed by atoms with Crippen molar-refractivity contribution in [1.29, 1.82) is 0 Å². The van der Waals surface area contributed by atoms with Gasteiger partial charge in [-0.1, -0.05) is 12.1 Å². The lowest BCUT2D eigenvalue weighted by Gasteiger charge is -2.21. The van der Waals surface area contributed by atoms with E-state index < -0.39 is 24.6 Å². The number of hydrogen-bond donors (Lipinski definition) is 2. The first kappa shape index (κ1) is 20.5. The average Bonchev–Trinajstić information content (AvgIpc) is 2.78. The molecule has 1 atom stereocenters. The summed E-state index contributed by atoms with van der Waals surface area (Å²) in [4.78, 5) is 28.7. The molecule has 1 aliphatic heterocycles. The molecule has 1 aliphatic rings. The van der Waals surface area contributed by atoms with Gasteiger partial charge in [0.05, 0.1) is 6.04 Å². The van der Waals surface area contributed by atoms with Crippen LogP contribution >= 0.6 is 0 Å². The van der Waals surface area contributed by atoms with Crippen molar-refractivity contribution in [3.05, 3.63) is 89.0 Å². The third kappa shape index (κ3) is 4.53. The Labute approximate surface area is 177 Å². The number of amides is 2. The summed E-state index contributed by atoms with van der Waals surface area (Å²) in [5.74, 6) is -0.728. The highest BCUT2D eigenvalue weighted by Crippen LogP contribution is 2.27. The number of halogens is 2. The van der Waals surface area contributed by atoms with E-state index in [4.69, 9.17) is 4.74 Å². The van der Waals surface area contributed by atoms with E-state index in [0.717, 1.165) is 5.56 Å². The Bertz CT molecular complexity index is 1120. The SMILES string of the molecule is O=C1CCc2cc(C(=O)N[C@@H](c3ccc(OCF)cc3)c3ncccc3F)ccc2N1. The van der Waals surface area contributed by atoms with Crippen molar-refractivity contribution < 1.29 is 23.1 Å². The Morgan fingerprint density at radius 3 is 2.71 bits per heavy atom. The van der Waals surface area contributed by atoms with Crippen molar-refractivity contribution in [1.82, 2.24) is 10.3 Å². The Kier molecular flexibility index (Phi) is 5.88. The number of pyridine rings is 1. The number of carbonyl (C=O) groups is 2. The lowest BCUT2D eigenvalue weighted by molar-refractivity contribution is -0.116. The fraction of sp³-hybridized carbons (Fsp3) is 0.174. The van der Waals surface area contributed by atoms with Gasteiger partial charge in [-0.3, -0.25) is 14.6 Å². The number of nitrogens with one attached hydrogen (secondary N) is 2. The monoisotopic (exact) mass is 423 g/mol. The first-order chi connectivity index (χ1) is 15.0. The summed E-state index contributed by atoms with van der Waals surface area (Å²) in [5, 5.41) is 5.60. The maximum Gasteiger partial charge on any atom is 0.252 e. The minimum absolute atomic E-state index is 0.0558. The number of hydrogen-bond acceptors (Lipinski definition) is 4. The Hall–Kier alpha value is -3.81. The molecule has 0 saturated carbocycles. The van der Waals surface area contributed by atoms with Crippen LogP contribution in [0.1, 0.15) is 39.6 Å². The molecule has 2 heterocycles. The van der Waals surface area contributed by atoms with Crippen LogP contribution < -0.4 is 15.4 Å². The van der Waals surface area contributed by atoms with Crippen molar-refractivity contribution in [2.45, 2.75) is 18.9 Å². The van der Waals surface area contributed by atoms with Gasteiger partial charge in [0.25, 0.3) is 5.91 Å². The van der Waals surface area contributed by atoms with Gasteiger partial charge in [0.2, 0.25) is 12.8 Å². The topological polar surface area (TPSA) is 80.3 Å². The smallest absolute Gasteiger partial charge is 0.252 e. The highest BCUT2D eigenvalue weighted by molar-refractivity contribution is 5.98. The minimum Gasteiger partial charge on any atom is -0.463 e. The van der Waals surface area contributed by atoms with E-state index in [9.17, 15) is 18.4 Å². The maximum atomic E-state index is 14.5. The summed E-state index contributed by atoms with van der Waals surface area (Å²) >= 11 is 0. The molecule has 2 aromatic carbocycles. The van der Waals surface area contributed by atoms with Crippen molar-refractivity contribution in [3.8, 4) is 5.75 Å². The molecule has 31 heavy (non-hydrogen) atoms. The van der Waals surface area contributed by atoms with Crippen LogP contribution in [0.4, 0.5) is 14.5 Å². The number of benzene rings is 2. The molecule has 2 amide bonds. The maximum absolute atomic E-state index is 14.5. The predicted molar refractivity (Wildman–Crippen MR) is 110 cm³/mol. The van der Waals surface area contributed by atoms with Crippen molar-refractivity contribution >= 4 is 17.5 Å². The fourth-order valence-electron chi connectivity index (χ4n) is 3.48. The van der Waals surface area contributed by atoms with Crippen molar-refractivity contribution in [2.75, 3.05) is 12.2 Å². The zero-order valence-electron chi connectivity index (χ0n) is 16.4. The molecule has 158 valence electrons. The first-order valence-electron chi connectivity index (χ1n) is 9.68. The van der Waals surface area contributed by atoms with E-state index in [0.29, 0.717) is 35.4 Å². The molecule has 1 aromatic heterocycles. The Balaban J connectivity index is 1.64. The molecule has 2 N–H and O–H groups in total. The largest absolute Gasteiger partial charge is 0.463 e. The lowest BCUT2D eigenvalue weighted by Crippen LogP contribution is -2.31. The molecule has 0 fully saturated rings. The van der Waals surface area contributed by atoms with Crippen LogP contribution in [0.15, 0.2) is 60.8 Å². The van der Waals surface area contributed by atoms with E-state index in [1.165, 1.54) is 30.5 Å². The van der Waals surface area contributed by atoms with Crippen LogP contribution in [0.5, 0.6) is 5.75 Å². The summed E-state index contributed by atoms with van der Waals surface area (Å²) in [7, 11) is 0. The molecule has 8 heteroatoms. The number of aryl methyl sites for hydroxylation is 1.